The Balaban J connectivity index is 1.55. The van der Waals surface area contributed by atoms with Crippen LogP contribution in [0.25, 0.3) is 0 Å². The minimum Gasteiger partial charge on any atom is -0.472 e. The van der Waals surface area contributed by atoms with Crippen LogP contribution >= 0.6 is 0 Å². The molecule has 2 heterocycles. The minimum atomic E-state index is -0.126. The summed E-state index contributed by atoms with van der Waals surface area (Å²) >= 11 is 0. The number of hydrogen-bond acceptors (Lipinski definition) is 5. The average Bonchev–Trinajstić information content (AvgIpc) is 3.10. The number of aromatic nitrogens is 1. The molecular formula is C16H22N2O4. The standard InChI is InChI=1S/C16H22N2O4/c19-7-5-16(3-4-16)11-18-15(20)12-1-6-17-14(9-12)22-13-2-8-21-10-13/h1,6,9,13,19H,2-5,7-8,10-11H2,(H,18,20). The Morgan fingerprint density at radius 3 is 3.09 bits per heavy atom. The average molecular weight is 306 g/mol. The van der Waals surface area contributed by atoms with Crippen LogP contribution in [-0.2, 0) is 4.74 Å². The summed E-state index contributed by atoms with van der Waals surface area (Å²) in [5, 5.41) is 12.0. The van der Waals surface area contributed by atoms with E-state index in [9.17, 15) is 4.79 Å². The maximum atomic E-state index is 12.2. The normalized spacial score (nSPS) is 22.3. The Morgan fingerprint density at radius 2 is 2.41 bits per heavy atom. The second-order valence-electron chi connectivity index (χ2n) is 6.14. The summed E-state index contributed by atoms with van der Waals surface area (Å²) in [6, 6.07) is 3.35. The fourth-order valence-corrected chi connectivity index (χ4v) is 2.69. The van der Waals surface area contributed by atoms with Crippen molar-refractivity contribution in [1.29, 1.82) is 0 Å². The van der Waals surface area contributed by atoms with Crippen LogP contribution in [0, 0.1) is 5.41 Å². The number of pyridine rings is 1. The van der Waals surface area contributed by atoms with Crippen molar-refractivity contribution in [2.24, 2.45) is 5.41 Å². The van der Waals surface area contributed by atoms with Gasteiger partial charge in [0.2, 0.25) is 5.88 Å². The Labute approximate surface area is 129 Å². The number of aliphatic hydroxyl groups excluding tert-OH is 1. The van der Waals surface area contributed by atoms with Gasteiger partial charge in [-0.3, -0.25) is 4.79 Å². The molecule has 3 rings (SSSR count). The highest BCUT2D eigenvalue weighted by Crippen LogP contribution is 2.47. The lowest BCUT2D eigenvalue weighted by Crippen LogP contribution is -2.30. The molecule has 1 aliphatic carbocycles. The topological polar surface area (TPSA) is 80.7 Å². The maximum absolute atomic E-state index is 12.2. The summed E-state index contributed by atoms with van der Waals surface area (Å²) in [6.07, 6.45) is 5.34. The molecule has 2 N–H and O–H groups in total. The largest absolute Gasteiger partial charge is 0.472 e. The fourth-order valence-electron chi connectivity index (χ4n) is 2.69. The molecule has 1 amide bonds. The van der Waals surface area contributed by atoms with Gasteiger partial charge >= 0.3 is 0 Å². The number of nitrogens with one attached hydrogen (secondary N) is 1. The number of rotatable bonds is 7. The van der Waals surface area contributed by atoms with Gasteiger partial charge in [-0.2, -0.15) is 0 Å². The van der Waals surface area contributed by atoms with E-state index in [1.165, 1.54) is 0 Å². The zero-order valence-electron chi connectivity index (χ0n) is 12.6. The highest BCUT2D eigenvalue weighted by Gasteiger charge is 2.41. The predicted octanol–water partition coefficient (Wildman–Crippen LogP) is 1.14. The number of aliphatic hydroxyl groups is 1. The van der Waals surface area contributed by atoms with Crippen molar-refractivity contribution in [2.45, 2.75) is 31.8 Å². The van der Waals surface area contributed by atoms with Gasteiger partial charge in [0.15, 0.2) is 0 Å². The summed E-state index contributed by atoms with van der Waals surface area (Å²) in [7, 11) is 0. The first-order chi connectivity index (χ1) is 10.7. The molecule has 0 aromatic carbocycles. The van der Waals surface area contributed by atoms with E-state index in [1.807, 2.05) is 0 Å². The molecule has 1 unspecified atom stereocenters. The molecule has 1 aliphatic heterocycles. The highest BCUT2D eigenvalue weighted by molar-refractivity contribution is 5.94. The van der Waals surface area contributed by atoms with E-state index in [0.717, 1.165) is 25.7 Å². The van der Waals surface area contributed by atoms with Crippen molar-refractivity contribution < 1.29 is 19.4 Å². The fraction of sp³-hybridized carbons (Fsp3) is 0.625. The lowest BCUT2D eigenvalue weighted by molar-refractivity contribution is 0.0939. The molecule has 1 aromatic heterocycles. The molecule has 1 aromatic rings. The number of nitrogens with zero attached hydrogens (tertiary/aromatic N) is 1. The number of ether oxygens (including phenoxy) is 2. The van der Waals surface area contributed by atoms with Crippen LogP contribution in [0.1, 0.15) is 36.0 Å². The zero-order valence-corrected chi connectivity index (χ0v) is 12.6. The monoisotopic (exact) mass is 306 g/mol. The van der Waals surface area contributed by atoms with E-state index in [0.29, 0.717) is 31.2 Å². The van der Waals surface area contributed by atoms with Gasteiger partial charge in [-0.15, -0.1) is 0 Å². The number of carbonyl (C=O) groups excluding carboxylic acids is 1. The molecule has 0 bridgehead atoms. The van der Waals surface area contributed by atoms with E-state index >= 15 is 0 Å². The van der Waals surface area contributed by atoms with Gasteiger partial charge in [0, 0.05) is 37.4 Å². The van der Waals surface area contributed by atoms with E-state index < -0.39 is 0 Å². The van der Waals surface area contributed by atoms with Gasteiger partial charge in [-0.05, 0) is 30.7 Å². The highest BCUT2D eigenvalue weighted by atomic mass is 16.5. The van der Waals surface area contributed by atoms with Crippen LogP contribution in [0.15, 0.2) is 18.3 Å². The zero-order chi connectivity index (χ0) is 15.4. The molecule has 0 spiro atoms. The van der Waals surface area contributed by atoms with Crippen LogP contribution < -0.4 is 10.1 Å². The third kappa shape index (κ3) is 3.75. The molecule has 0 radical (unpaired) electrons. The third-order valence-corrected chi connectivity index (χ3v) is 4.40. The Hall–Kier alpha value is -1.66. The molecule has 2 fully saturated rings. The maximum Gasteiger partial charge on any atom is 0.251 e. The van der Waals surface area contributed by atoms with Crippen molar-refractivity contribution in [3.63, 3.8) is 0 Å². The summed E-state index contributed by atoms with van der Waals surface area (Å²) < 4.78 is 11.0. The lowest BCUT2D eigenvalue weighted by atomic mass is 10.0. The van der Waals surface area contributed by atoms with Gasteiger partial charge in [-0.25, -0.2) is 4.98 Å². The van der Waals surface area contributed by atoms with Gasteiger partial charge in [-0.1, -0.05) is 0 Å². The molecule has 6 heteroatoms. The van der Waals surface area contributed by atoms with Crippen LogP contribution in [0.3, 0.4) is 0 Å². The first kappa shape index (κ1) is 15.2. The van der Waals surface area contributed by atoms with Crippen LogP contribution in [0.5, 0.6) is 5.88 Å². The van der Waals surface area contributed by atoms with Crippen molar-refractivity contribution in [1.82, 2.24) is 10.3 Å². The molecule has 6 nitrogen and oxygen atoms in total. The van der Waals surface area contributed by atoms with Crippen LogP contribution in [-0.4, -0.2) is 48.5 Å². The molecule has 2 aliphatic rings. The Bertz CT molecular complexity index is 525. The predicted molar refractivity (Wildman–Crippen MR) is 79.8 cm³/mol. The second-order valence-corrected chi connectivity index (χ2v) is 6.14. The quantitative estimate of drug-likeness (QED) is 0.789. The number of carbonyl (C=O) groups is 1. The SMILES string of the molecule is O=C(NCC1(CCO)CC1)c1ccnc(OC2CCOC2)c1. The van der Waals surface area contributed by atoms with Gasteiger partial charge < -0.3 is 19.9 Å². The summed E-state index contributed by atoms with van der Waals surface area (Å²) in [5.74, 6) is 0.332. The number of hydrogen-bond donors (Lipinski definition) is 2. The third-order valence-electron chi connectivity index (χ3n) is 4.40. The van der Waals surface area contributed by atoms with Crippen LogP contribution in [0.2, 0.25) is 0 Å². The molecule has 1 saturated heterocycles. The number of amides is 1. The molecule has 1 atom stereocenters. The van der Waals surface area contributed by atoms with Crippen molar-refractivity contribution in [3.8, 4) is 5.88 Å². The molecule has 22 heavy (non-hydrogen) atoms. The second kappa shape index (κ2) is 6.62. The van der Waals surface area contributed by atoms with Gasteiger partial charge in [0.25, 0.3) is 5.91 Å². The smallest absolute Gasteiger partial charge is 0.251 e. The van der Waals surface area contributed by atoms with E-state index in [1.54, 1.807) is 18.3 Å². The molecular weight excluding hydrogens is 284 g/mol. The van der Waals surface area contributed by atoms with Gasteiger partial charge in [0.05, 0.1) is 13.2 Å². The van der Waals surface area contributed by atoms with Gasteiger partial charge in [0.1, 0.15) is 6.10 Å². The summed E-state index contributed by atoms with van der Waals surface area (Å²) in [6.45, 7) is 2.06. The Kier molecular flexibility index (Phi) is 4.59. The Morgan fingerprint density at radius 1 is 1.55 bits per heavy atom. The van der Waals surface area contributed by atoms with Crippen molar-refractivity contribution in [3.05, 3.63) is 23.9 Å². The van der Waals surface area contributed by atoms with E-state index in [2.05, 4.69) is 10.3 Å². The molecule has 1 saturated carbocycles. The van der Waals surface area contributed by atoms with E-state index in [-0.39, 0.29) is 24.0 Å². The first-order valence-electron chi connectivity index (χ1n) is 7.80. The summed E-state index contributed by atoms with van der Waals surface area (Å²) in [4.78, 5) is 16.4. The van der Waals surface area contributed by atoms with Crippen molar-refractivity contribution >= 4 is 5.91 Å². The van der Waals surface area contributed by atoms with Crippen molar-refractivity contribution in [2.75, 3.05) is 26.4 Å². The van der Waals surface area contributed by atoms with E-state index in [4.69, 9.17) is 14.6 Å². The first-order valence-corrected chi connectivity index (χ1v) is 7.80. The lowest BCUT2D eigenvalue weighted by Gasteiger charge is -2.15. The van der Waals surface area contributed by atoms with Crippen LogP contribution in [0.4, 0.5) is 0 Å². The summed E-state index contributed by atoms with van der Waals surface area (Å²) in [5.41, 5.74) is 0.654. The minimum absolute atomic E-state index is 0.0186. The molecule has 120 valence electrons.